The summed E-state index contributed by atoms with van der Waals surface area (Å²) in [6.45, 7) is 2.51. The van der Waals surface area contributed by atoms with Crippen LogP contribution in [0.4, 0.5) is 26.0 Å². The van der Waals surface area contributed by atoms with Crippen LogP contribution in [-0.2, 0) is 0 Å². The first-order valence-electron chi connectivity index (χ1n) is 9.37. The molecule has 1 aromatic heterocycles. The lowest BCUT2D eigenvalue weighted by Gasteiger charge is -2.36. The first kappa shape index (κ1) is 18.9. The molecule has 2 heterocycles. The third kappa shape index (κ3) is 4.34. The normalized spacial score (nSPS) is 14.0. The van der Waals surface area contributed by atoms with Gasteiger partial charge in [-0.15, -0.1) is 0 Å². The van der Waals surface area contributed by atoms with Gasteiger partial charge in [0.1, 0.15) is 17.5 Å². The second kappa shape index (κ2) is 8.26. The van der Waals surface area contributed by atoms with Crippen molar-refractivity contribution >= 4 is 23.1 Å². The van der Waals surface area contributed by atoms with Crippen molar-refractivity contribution in [3.63, 3.8) is 0 Å². The molecule has 1 fully saturated rings. The minimum absolute atomic E-state index is 0.0892. The molecule has 148 valence electrons. The zero-order chi connectivity index (χ0) is 20.2. The summed E-state index contributed by atoms with van der Waals surface area (Å²) in [6, 6.07) is 16.1. The minimum Gasteiger partial charge on any atom is -0.368 e. The third-order valence-corrected chi connectivity index (χ3v) is 4.91. The summed E-state index contributed by atoms with van der Waals surface area (Å²) in [5.74, 6) is -0.252. The Balaban J connectivity index is 1.36. The number of carbonyl (C=O) groups excluding carboxylic acids is 1. The fourth-order valence-electron chi connectivity index (χ4n) is 3.30. The number of carbonyl (C=O) groups is 1. The van der Waals surface area contributed by atoms with Crippen LogP contribution >= 0.6 is 0 Å². The van der Waals surface area contributed by atoms with Crippen molar-refractivity contribution in [3.8, 4) is 0 Å². The summed E-state index contributed by atoms with van der Waals surface area (Å²) in [6.07, 6.45) is 1.50. The van der Waals surface area contributed by atoms with Gasteiger partial charge in [-0.2, -0.15) is 0 Å². The molecule has 1 amide bonds. The van der Waals surface area contributed by atoms with E-state index in [0.29, 0.717) is 43.2 Å². The van der Waals surface area contributed by atoms with Gasteiger partial charge in [-0.3, -0.25) is 4.79 Å². The number of hydrogen-bond donors (Lipinski definition) is 1. The second-order valence-corrected chi connectivity index (χ2v) is 6.79. The molecule has 0 unspecified atom stereocenters. The van der Waals surface area contributed by atoms with Crippen LogP contribution in [0.15, 0.2) is 66.9 Å². The molecule has 0 bridgehead atoms. The number of rotatable bonds is 4. The molecule has 1 N–H and O–H groups in total. The van der Waals surface area contributed by atoms with Crippen LogP contribution in [0.1, 0.15) is 10.4 Å². The van der Waals surface area contributed by atoms with Crippen molar-refractivity contribution in [2.24, 2.45) is 0 Å². The highest BCUT2D eigenvalue weighted by molar-refractivity contribution is 5.94. The van der Waals surface area contributed by atoms with Gasteiger partial charge >= 0.3 is 0 Å². The molecule has 0 aliphatic carbocycles. The van der Waals surface area contributed by atoms with Gasteiger partial charge in [-0.1, -0.05) is 12.1 Å². The Labute approximate surface area is 167 Å². The zero-order valence-electron chi connectivity index (χ0n) is 15.7. The van der Waals surface area contributed by atoms with Crippen LogP contribution in [0.3, 0.4) is 0 Å². The predicted octanol–water partition coefficient (Wildman–Crippen LogP) is 4.07. The summed E-state index contributed by atoms with van der Waals surface area (Å²) < 4.78 is 26.8. The fraction of sp³-hybridized carbons (Fsp3) is 0.182. The molecule has 1 aliphatic rings. The van der Waals surface area contributed by atoms with E-state index in [2.05, 4.69) is 15.2 Å². The van der Waals surface area contributed by atoms with E-state index in [-0.39, 0.29) is 17.5 Å². The summed E-state index contributed by atoms with van der Waals surface area (Å²) in [7, 11) is 0. The first-order valence-corrected chi connectivity index (χ1v) is 9.37. The number of halogens is 2. The van der Waals surface area contributed by atoms with E-state index in [1.54, 1.807) is 47.4 Å². The molecule has 0 saturated carbocycles. The van der Waals surface area contributed by atoms with Crippen molar-refractivity contribution in [3.05, 3.63) is 84.1 Å². The standard InChI is InChI=1S/C22H20F2N4O/c23-17-6-8-18(9-7-17)27-11-13-28(14-12-27)22(29)16-5-10-21(25-15-16)26-20-4-2-1-3-19(20)24/h1-10,15H,11-14H2,(H,25,26). The average Bonchev–Trinajstić information content (AvgIpc) is 2.76. The van der Waals surface area contributed by atoms with E-state index in [4.69, 9.17) is 0 Å². The molecular formula is C22H20F2N4O. The third-order valence-electron chi connectivity index (χ3n) is 4.91. The molecule has 3 aromatic rings. The van der Waals surface area contributed by atoms with Gasteiger partial charge in [0.15, 0.2) is 0 Å². The smallest absolute Gasteiger partial charge is 0.255 e. The van der Waals surface area contributed by atoms with Crippen molar-refractivity contribution < 1.29 is 13.6 Å². The van der Waals surface area contributed by atoms with Crippen LogP contribution in [0.2, 0.25) is 0 Å². The van der Waals surface area contributed by atoms with Crippen LogP contribution in [-0.4, -0.2) is 42.0 Å². The first-order chi connectivity index (χ1) is 14.1. The lowest BCUT2D eigenvalue weighted by atomic mass is 10.2. The number of hydrogen-bond acceptors (Lipinski definition) is 4. The Bertz CT molecular complexity index is 984. The van der Waals surface area contributed by atoms with Crippen molar-refractivity contribution in [2.75, 3.05) is 36.4 Å². The van der Waals surface area contributed by atoms with Gasteiger partial charge in [-0.05, 0) is 48.5 Å². The van der Waals surface area contributed by atoms with Crippen LogP contribution < -0.4 is 10.2 Å². The monoisotopic (exact) mass is 394 g/mol. The minimum atomic E-state index is -0.367. The lowest BCUT2D eigenvalue weighted by Crippen LogP contribution is -2.48. The van der Waals surface area contributed by atoms with E-state index < -0.39 is 0 Å². The van der Waals surface area contributed by atoms with E-state index in [1.807, 2.05) is 0 Å². The molecule has 1 aliphatic heterocycles. The quantitative estimate of drug-likeness (QED) is 0.725. The van der Waals surface area contributed by atoms with Gasteiger partial charge in [-0.25, -0.2) is 13.8 Å². The molecule has 0 atom stereocenters. The van der Waals surface area contributed by atoms with Crippen molar-refractivity contribution in [1.29, 1.82) is 0 Å². The molecule has 0 spiro atoms. The topological polar surface area (TPSA) is 48.5 Å². The highest BCUT2D eigenvalue weighted by Crippen LogP contribution is 2.20. The Morgan fingerprint density at radius 3 is 2.28 bits per heavy atom. The Morgan fingerprint density at radius 1 is 0.897 bits per heavy atom. The van der Waals surface area contributed by atoms with Gasteiger partial charge in [0.2, 0.25) is 0 Å². The molecule has 29 heavy (non-hydrogen) atoms. The maximum Gasteiger partial charge on any atom is 0.255 e. The van der Waals surface area contributed by atoms with E-state index >= 15 is 0 Å². The Morgan fingerprint density at radius 2 is 1.62 bits per heavy atom. The number of benzene rings is 2. The Hall–Kier alpha value is -3.48. The highest BCUT2D eigenvalue weighted by Gasteiger charge is 2.22. The maximum atomic E-state index is 13.7. The molecule has 5 nitrogen and oxygen atoms in total. The van der Waals surface area contributed by atoms with Crippen molar-refractivity contribution in [1.82, 2.24) is 9.88 Å². The average molecular weight is 394 g/mol. The Kier molecular flexibility index (Phi) is 5.37. The van der Waals surface area contributed by atoms with Crippen LogP contribution in [0.25, 0.3) is 0 Å². The highest BCUT2D eigenvalue weighted by atomic mass is 19.1. The van der Waals surface area contributed by atoms with Gasteiger partial charge in [0, 0.05) is 38.1 Å². The summed E-state index contributed by atoms with van der Waals surface area (Å²) in [5, 5.41) is 2.90. The lowest BCUT2D eigenvalue weighted by molar-refractivity contribution is 0.0746. The number of pyridine rings is 1. The fourth-order valence-corrected chi connectivity index (χ4v) is 3.30. The number of aromatic nitrogens is 1. The zero-order valence-corrected chi connectivity index (χ0v) is 15.7. The second-order valence-electron chi connectivity index (χ2n) is 6.79. The summed E-state index contributed by atoms with van der Waals surface area (Å²) >= 11 is 0. The molecule has 1 saturated heterocycles. The number of nitrogens with one attached hydrogen (secondary N) is 1. The SMILES string of the molecule is O=C(c1ccc(Nc2ccccc2F)nc1)N1CCN(c2ccc(F)cc2)CC1. The van der Waals surface area contributed by atoms with Gasteiger partial charge < -0.3 is 15.1 Å². The molecular weight excluding hydrogens is 374 g/mol. The number of amides is 1. The van der Waals surface area contributed by atoms with Crippen LogP contribution in [0.5, 0.6) is 0 Å². The largest absolute Gasteiger partial charge is 0.368 e. The van der Waals surface area contributed by atoms with Crippen LogP contribution in [0, 0.1) is 11.6 Å². The molecule has 0 radical (unpaired) electrons. The van der Waals surface area contributed by atoms with Gasteiger partial charge in [0.25, 0.3) is 5.91 Å². The van der Waals surface area contributed by atoms with E-state index in [1.165, 1.54) is 24.4 Å². The maximum absolute atomic E-state index is 13.7. The molecule has 7 heteroatoms. The van der Waals surface area contributed by atoms with E-state index in [9.17, 15) is 13.6 Å². The summed E-state index contributed by atoms with van der Waals surface area (Å²) in [4.78, 5) is 20.9. The number of anilines is 3. The van der Waals surface area contributed by atoms with Crippen molar-refractivity contribution in [2.45, 2.75) is 0 Å². The van der Waals surface area contributed by atoms with Gasteiger partial charge in [0.05, 0.1) is 11.3 Å². The molecule has 2 aromatic carbocycles. The molecule has 4 rings (SSSR count). The number of piperazine rings is 1. The number of para-hydroxylation sites is 1. The predicted molar refractivity (Wildman–Crippen MR) is 108 cm³/mol. The number of nitrogens with zero attached hydrogens (tertiary/aromatic N) is 3. The summed E-state index contributed by atoms with van der Waals surface area (Å²) in [5.41, 5.74) is 1.76. The van der Waals surface area contributed by atoms with E-state index in [0.717, 1.165) is 5.69 Å².